The van der Waals surface area contributed by atoms with Gasteiger partial charge in [0.1, 0.15) is 0 Å². The third-order valence-electron chi connectivity index (χ3n) is 1.74. The maximum atomic E-state index is 10.6. The molecule has 0 bridgehead atoms. The Bertz CT molecular complexity index is 171. The smallest absolute Gasteiger partial charge is 0.306 e. The lowest BCUT2D eigenvalue weighted by molar-refractivity contribution is -0.137. The van der Waals surface area contributed by atoms with Gasteiger partial charge in [-0.15, -0.1) is 0 Å². The van der Waals surface area contributed by atoms with E-state index >= 15 is 0 Å². The van der Waals surface area contributed by atoms with Crippen LogP contribution in [0.4, 0.5) is 0 Å². The first-order valence-electron chi connectivity index (χ1n) is 4.84. The highest BCUT2D eigenvalue weighted by molar-refractivity contribution is 7.49. The summed E-state index contributed by atoms with van der Waals surface area (Å²) in [5.41, 5.74) is 0. The molecule has 2 nitrogen and oxygen atoms in total. The Morgan fingerprint density at radius 1 is 1.47 bits per heavy atom. The summed E-state index contributed by atoms with van der Waals surface area (Å²) < 4.78 is 4.83. The van der Waals surface area contributed by atoms with Gasteiger partial charge in [0, 0.05) is 35.5 Å². The summed E-state index contributed by atoms with van der Waals surface area (Å²) in [6.45, 7) is 4.99. The molecule has 0 aromatic heterocycles. The average Bonchev–Trinajstić information content (AvgIpc) is 2.32. The van der Waals surface area contributed by atoms with Crippen LogP contribution in [0.1, 0.15) is 34.1 Å². The lowest BCUT2D eigenvalue weighted by atomic mass is 9.08. The second-order valence-electron chi connectivity index (χ2n) is 3.96. The van der Waals surface area contributed by atoms with E-state index in [1.54, 1.807) is 0 Å². The van der Waals surface area contributed by atoms with Crippen molar-refractivity contribution in [2.75, 3.05) is 6.61 Å². The molecular formula is C9H18B4O2. The molecule has 0 aromatic rings. The van der Waals surface area contributed by atoms with Gasteiger partial charge in [-0.05, 0) is 12.3 Å². The molecule has 1 heterocycles. The molecule has 78 valence electrons. The number of carbonyl (C=O) groups excluding carboxylic acids is 1. The van der Waals surface area contributed by atoms with Gasteiger partial charge in [0.15, 0.2) is 0 Å². The first-order valence-corrected chi connectivity index (χ1v) is 4.84. The Kier molecular flexibility index (Phi) is 10.3. The van der Waals surface area contributed by atoms with E-state index in [1.165, 1.54) is 0 Å². The Labute approximate surface area is 98.2 Å². The fourth-order valence-corrected chi connectivity index (χ4v) is 1.38. The molecule has 0 saturated carbocycles. The normalized spacial score (nSPS) is 18.6. The number of hydrogen-bond acceptors (Lipinski definition) is 2. The van der Waals surface area contributed by atoms with E-state index in [0.717, 1.165) is 6.42 Å². The van der Waals surface area contributed by atoms with Gasteiger partial charge in [-0.2, -0.15) is 0 Å². The van der Waals surface area contributed by atoms with Gasteiger partial charge in [-0.3, -0.25) is 4.79 Å². The van der Waals surface area contributed by atoms with Crippen molar-refractivity contribution in [3.63, 3.8) is 0 Å². The Morgan fingerprint density at radius 2 is 1.93 bits per heavy atom. The maximum Gasteiger partial charge on any atom is 0.306 e. The van der Waals surface area contributed by atoms with E-state index < -0.39 is 6.39 Å². The second-order valence-corrected chi connectivity index (χ2v) is 3.96. The summed E-state index contributed by atoms with van der Waals surface area (Å²) >= 11 is 0. The van der Waals surface area contributed by atoms with Crippen molar-refractivity contribution in [1.29, 1.82) is 0 Å². The van der Waals surface area contributed by atoms with Gasteiger partial charge in [-0.25, -0.2) is 0 Å². The van der Waals surface area contributed by atoms with Gasteiger partial charge >= 0.3 is 5.97 Å². The largest absolute Gasteiger partial charge is 0.465 e. The van der Waals surface area contributed by atoms with Crippen LogP contribution in [0.2, 0.25) is 0 Å². The van der Waals surface area contributed by atoms with Crippen molar-refractivity contribution in [3.05, 3.63) is 0 Å². The van der Waals surface area contributed by atoms with Crippen molar-refractivity contribution < 1.29 is 9.53 Å². The minimum atomic E-state index is -0.667. The molecule has 1 fully saturated rings. The second kappa shape index (κ2) is 8.99. The molecule has 0 spiro atoms. The number of esters is 1. The zero-order chi connectivity index (χ0) is 11.1. The molecule has 1 atom stereocenters. The molecular weight excluding hydrogens is 183 g/mol. The summed E-state index contributed by atoms with van der Waals surface area (Å²) in [6, 6.07) is 0. The fraction of sp³-hybridized carbons (Fsp3) is 0.889. The van der Waals surface area contributed by atoms with Crippen LogP contribution < -0.4 is 0 Å². The Morgan fingerprint density at radius 3 is 2.20 bits per heavy atom. The lowest BCUT2D eigenvalue weighted by Gasteiger charge is -2.07. The molecule has 1 aliphatic heterocycles. The molecule has 6 heteroatoms. The third-order valence-corrected chi connectivity index (χ3v) is 1.74. The van der Waals surface area contributed by atoms with Crippen LogP contribution in [0.5, 0.6) is 0 Å². The van der Waals surface area contributed by atoms with Crippen molar-refractivity contribution >= 4 is 35.6 Å². The molecule has 1 unspecified atom stereocenters. The molecule has 1 rings (SSSR count). The van der Waals surface area contributed by atoms with E-state index in [2.05, 4.69) is 37.1 Å². The van der Waals surface area contributed by atoms with E-state index in [4.69, 9.17) is 4.74 Å². The zero-order valence-corrected chi connectivity index (χ0v) is 8.90. The maximum absolute atomic E-state index is 10.6. The summed E-state index contributed by atoms with van der Waals surface area (Å²) in [4.78, 5) is 10.6. The number of hydrogen-bond donors (Lipinski definition) is 0. The molecule has 0 N–H and O–H groups in total. The highest BCUT2D eigenvalue weighted by Crippen LogP contribution is 2.21. The number of cyclic esters (lactones) is 1. The van der Waals surface area contributed by atoms with Gasteiger partial charge in [0.2, 0.25) is 0 Å². The topological polar surface area (TPSA) is 26.3 Å². The monoisotopic (exact) mass is 202 g/mol. The van der Waals surface area contributed by atoms with Crippen LogP contribution in [0.3, 0.4) is 0 Å². The highest BCUT2D eigenvalue weighted by Gasteiger charge is 2.23. The molecule has 1 aliphatic rings. The van der Waals surface area contributed by atoms with Gasteiger partial charge in [0.05, 0.1) is 13.0 Å². The minimum Gasteiger partial charge on any atom is -0.465 e. The van der Waals surface area contributed by atoms with Crippen LogP contribution in [-0.4, -0.2) is 42.2 Å². The molecule has 1 saturated heterocycles. The highest BCUT2D eigenvalue weighted by atomic mass is 16.5. The summed E-state index contributed by atoms with van der Waals surface area (Å²) in [7, 11) is 14.0. The zero-order valence-electron chi connectivity index (χ0n) is 8.90. The van der Waals surface area contributed by atoms with E-state index in [0.29, 0.717) is 24.9 Å². The fourth-order valence-electron chi connectivity index (χ4n) is 1.38. The summed E-state index contributed by atoms with van der Waals surface area (Å²) in [5, 5.41) is 0. The van der Waals surface area contributed by atoms with E-state index in [-0.39, 0.29) is 13.4 Å². The van der Waals surface area contributed by atoms with Gasteiger partial charge < -0.3 is 4.74 Å². The predicted molar refractivity (Wildman–Crippen MR) is 68.3 cm³/mol. The van der Waals surface area contributed by atoms with Crippen LogP contribution in [-0.2, 0) is 9.53 Å². The summed E-state index contributed by atoms with van der Waals surface area (Å²) in [6.07, 6.45) is 1.09. The number of carbonyl (C=O) groups is 1. The first kappa shape index (κ1) is 17.1. The molecule has 0 aromatic carbocycles. The van der Waals surface area contributed by atoms with Crippen LogP contribution >= 0.6 is 0 Å². The third kappa shape index (κ3) is 11.7. The Balaban J connectivity index is 0. The average molecular weight is 201 g/mol. The standard InChI is InChI=1S/C8H14O2.CH4.B4/c1-6(2)3-7-4-8(9)10-5-7;;1-4(2)3/h6-7H,3-5H2,1-2H3;1H4;. The van der Waals surface area contributed by atoms with Crippen molar-refractivity contribution in [2.24, 2.45) is 11.8 Å². The first-order chi connectivity index (χ1) is 6.41. The van der Waals surface area contributed by atoms with Gasteiger partial charge in [0.25, 0.3) is 0 Å². The SMILES string of the molecule is C.CC(C)CC1COC(=O)C1.[B]B([B])[B]. The van der Waals surface area contributed by atoms with Crippen LogP contribution in [0.25, 0.3) is 0 Å². The van der Waals surface area contributed by atoms with Crippen molar-refractivity contribution in [2.45, 2.75) is 34.1 Å². The van der Waals surface area contributed by atoms with Gasteiger partial charge in [-0.1, -0.05) is 21.3 Å². The predicted octanol–water partition coefficient (Wildman–Crippen LogP) is 0.708. The van der Waals surface area contributed by atoms with Crippen LogP contribution in [0, 0.1) is 11.8 Å². The number of ether oxygens (including phenoxy) is 1. The summed E-state index contributed by atoms with van der Waals surface area (Å²) in [5.74, 6) is 1.15. The molecule has 0 aliphatic carbocycles. The number of rotatable bonds is 2. The molecule has 15 heavy (non-hydrogen) atoms. The molecule has 0 amide bonds. The lowest BCUT2D eigenvalue weighted by Crippen LogP contribution is -2.11. The quantitative estimate of drug-likeness (QED) is 0.486. The van der Waals surface area contributed by atoms with Crippen molar-refractivity contribution in [3.8, 4) is 0 Å². The van der Waals surface area contributed by atoms with Crippen LogP contribution in [0.15, 0.2) is 0 Å². The molecule has 6 radical (unpaired) electrons. The van der Waals surface area contributed by atoms with E-state index in [1.807, 2.05) is 0 Å². The minimum absolute atomic E-state index is 0. The van der Waals surface area contributed by atoms with E-state index in [9.17, 15) is 4.79 Å². The van der Waals surface area contributed by atoms with Crippen molar-refractivity contribution in [1.82, 2.24) is 0 Å². The Hall–Kier alpha value is -0.270.